The van der Waals surface area contributed by atoms with Gasteiger partial charge in [-0.1, -0.05) is 22.0 Å². The smallest absolute Gasteiger partial charge is 0.173 e. The fraction of sp³-hybridized carbons (Fsp3) is 0.200. The predicted molar refractivity (Wildman–Crippen MR) is 68.9 cm³/mol. The SMILES string of the molecule is Nc1ccc(Br)cc1NC1C=CS(=O)(=O)C1. The summed E-state index contributed by atoms with van der Waals surface area (Å²) in [4.78, 5) is 0. The Labute approximate surface area is 103 Å². The van der Waals surface area contributed by atoms with Crippen molar-refractivity contribution < 1.29 is 8.42 Å². The average molecular weight is 303 g/mol. The number of nitrogens with one attached hydrogen (secondary N) is 1. The van der Waals surface area contributed by atoms with E-state index in [4.69, 9.17) is 5.73 Å². The maximum Gasteiger partial charge on any atom is 0.173 e. The monoisotopic (exact) mass is 302 g/mol. The van der Waals surface area contributed by atoms with Crippen LogP contribution in [0.25, 0.3) is 0 Å². The Morgan fingerprint density at radius 2 is 2.19 bits per heavy atom. The van der Waals surface area contributed by atoms with Crippen molar-refractivity contribution in [2.75, 3.05) is 16.8 Å². The van der Waals surface area contributed by atoms with Crippen LogP contribution in [0.2, 0.25) is 0 Å². The minimum absolute atomic E-state index is 0.0823. The van der Waals surface area contributed by atoms with E-state index >= 15 is 0 Å². The molecule has 16 heavy (non-hydrogen) atoms. The first kappa shape index (κ1) is 11.5. The molecule has 4 nitrogen and oxygen atoms in total. The van der Waals surface area contributed by atoms with Crippen molar-refractivity contribution in [3.63, 3.8) is 0 Å². The maximum absolute atomic E-state index is 11.2. The molecule has 1 atom stereocenters. The average Bonchev–Trinajstić information content (AvgIpc) is 2.52. The lowest BCUT2D eigenvalue weighted by atomic mass is 10.2. The Kier molecular flexibility index (Phi) is 2.94. The molecule has 0 amide bonds. The lowest BCUT2D eigenvalue weighted by molar-refractivity contribution is 0.605. The number of nitrogens with two attached hydrogens (primary N) is 1. The molecule has 1 heterocycles. The molecular formula is C10H11BrN2O2S. The number of nitrogen functional groups attached to an aromatic ring is 1. The number of benzene rings is 1. The van der Waals surface area contributed by atoms with Gasteiger partial charge in [-0.05, 0) is 18.2 Å². The molecule has 0 aromatic heterocycles. The molecule has 1 aromatic carbocycles. The minimum Gasteiger partial charge on any atom is -0.397 e. The van der Waals surface area contributed by atoms with Gasteiger partial charge in [0.05, 0.1) is 23.2 Å². The van der Waals surface area contributed by atoms with Crippen LogP contribution in [0.15, 0.2) is 34.2 Å². The second-order valence-electron chi connectivity index (χ2n) is 3.64. The molecule has 2 rings (SSSR count). The van der Waals surface area contributed by atoms with Crippen molar-refractivity contribution >= 4 is 37.1 Å². The summed E-state index contributed by atoms with van der Waals surface area (Å²) in [5, 5.41) is 4.32. The fourth-order valence-corrected chi connectivity index (χ4v) is 3.12. The van der Waals surface area contributed by atoms with Crippen molar-refractivity contribution in [3.8, 4) is 0 Å². The summed E-state index contributed by atoms with van der Waals surface area (Å²) in [5.41, 5.74) is 7.11. The van der Waals surface area contributed by atoms with Gasteiger partial charge in [0.25, 0.3) is 0 Å². The van der Waals surface area contributed by atoms with Gasteiger partial charge in [-0.25, -0.2) is 8.42 Å². The van der Waals surface area contributed by atoms with Gasteiger partial charge in [0.15, 0.2) is 9.84 Å². The summed E-state index contributed by atoms with van der Waals surface area (Å²) >= 11 is 3.34. The van der Waals surface area contributed by atoms with E-state index in [9.17, 15) is 8.42 Å². The van der Waals surface area contributed by atoms with Crippen LogP contribution in [0.5, 0.6) is 0 Å². The van der Waals surface area contributed by atoms with Gasteiger partial charge in [0.2, 0.25) is 0 Å². The van der Waals surface area contributed by atoms with Crippen LogP contribution in [0.3, 0.4) is 0 Å². The van der Waals surface area contributed by atoms with Crippen LogP contribution in [0, 0.1) is 0 Å². The normalized spacial score (nSPS) is 22.2. The lowest BCUT2D eigenvalue weighted by Crippen LogP contribution is -2.21. The van der Waals surface area contributed by atoms with Gasteiger partial charge in [0, 0.05) is 9.88 Å². The van der Waals surface area contributed by atoms with E-state index in [1.54, 1.807) is 12.1 Å². The number of sulfone groups is 1. The van der Waals surface area contributed by atoms with Crippen LogP contribution < -0.4 is 11.1 Å². The zero-order chi connectivity index (χ0) is 11.8. The molecule has 6 heteroatoms. The zero-order valence-corrected chi connectivity index (χ0v) is 10.8. The molecular weight excluding hydrogens is 292 g/mol. The van der Waals surface area contributed by atoms with Crippen molar-refractivity contribution in [2.45, 2.75) is 6.04 Å². The second-order valence-corrected chi connectivity index (χ2v) is 6.49. The highest BCUT2D eigenvalue weighted by atomic mass is 79.9. The van der Waals surface area contributed by atoms with Crippen LogP contribution in [0.1, 0.15) is 0 Å². The predicted octanol–water partition coefficient (Wildman–Crippen LogP) is 1.75. The van der Waals surface area contributed by atoms with Gasteiger partial charge < -0.3 is 11.1 Å². The van der Waals surface area contributed by atoms with E-state index in [1.807, 2.05) is 12.1 Å². The summed E-state index contributed by atoms with van der Waals surface area (Å²) in [5.74, 6) is 0.0823. The van der Waals surface area contributed by atoms with E-state index in [0.29, 0.717) is 5.69 Å². The molecule has 0 bridgehead atoms. The summed E-state index contributed by atoms with van der Waals surface area (Å²) in [6.45, 7) is 0. The van der Waals surface area contributed by atoms with Gasteiger partial charge >= 0.3 is 0 Å². The number of rotatable bonds is 2. The van der Waals surface area contributed by atoms with Gasteiger partial charge in [-0.15, -0.1) is 0 Å². The largest absolute Gasteiger partial charge is 0.397 e. The molecule has 1 aliphatic rings. The van der Waals surface area contributed by atoms with E-state index in [2.05, 4.69) is 21.2 Å². The molecule has 86 valence electrons. The van der Waals surface area contributed by atoms with Crippen LogP contribution in [0.4, 0.5) is 11.4 Å². The summed E-state index contributed by atoms with van der Waals surface area (Å²) in [7, 11) is -3.03. The van der Waals surface area contributed by atoms with E-state index in [0.717, 1.165) is 10.2 Å². The van der Waals surface area contributed by atoms with Crippen LogP contribution >= 0.6 is 15.9 Å². The Balaban J connectivity index is 2.17. The third kappa shape index (κ3) is 2.56. The molecule has 0 radical (unpaired) electrons. The van der Waals surface area contributed by atoms with E-state index < -0.39 is 9.84 Å². The minimum atomic E-state index is -3.03. The highest BCUT2D eigenvalue weighted by molar-refractivity contribution is 9.10. The van der Waals surface area contributed by atoms with Crippen molar-refractivity contribution in [1.82, 2.24) is 0 Å². The van der Waals surface area contributed by atoms with E-state index in [-0.39, 0.29) is 11.8 Å². The maximum atomic E-state index is 11.2. The van der Waals surface area contributed by atoms with Gasteiger partial charge in [-0.2, -0.15) is 0 Å². The quantitative estimate of drug-likeness (QED) is 0.817. The number of hydrogen-bond donors (Lipinski definition) is 2. The molecule has 0 saturated carbocycles. The summed E-state index contributed by atoms with van der Waals surface area (Å²) in [6, 6.07) is 5.22. The van der Waals surface area contributed by atoms with E-state index in [1.165, 1.54) is 5.41 Å². The number of hydrogen-bond acceptors (Lipinski definition) is 4. The van der Waals surface area contributed by atoms with Crippen molar-refractivity contribution in [2.24, 2.45) is 0 Å². The van der Waals surface area contributed by atoms with Crippen LogP contribution in [-0.2, 0) is 9.84 Å². The Hall–Kier alpha value is -1.01. The van der Waals surface area contributed by atoms with Crippen molar-refractivity contribution in [3.05, 3.63) is 34.2 Å². The molecule has 0 spiro atoms. The van der Waals surface area contributed by atoms with Crippen LogP contribution in [-0.4, -0.2) is 20.2 Å². The van der Waals surface area contributed by atoms with Crippen molar-refractivity contribution in [1.29, 1.82) is 0 Å². The summed E-state index contributed by atoms with van der Waals surface area (Å²) in [6.07, 6.45) is 1.63. The highest BCUT2D eigenvalue weighted by Crippen LogP contribution is 2.25. The first-order chi connectivity index (χ1) is 7.46. The first-order valence-electron chi connectivity index (χ1n) is 4.69. The second kappa shape index (κ2) is 4.10. The Morgan fingerprint density at radius 3 is 2.81 bits per heavy atom. The molecule has 1 unspecified atom stereocenters. The molecule has 0 aliphatic carbocycles. The standard InChI is InChI=1S/C10H11BrN2O2S/c11-7-1-2-9(12)10(5-7)13-8-3-4-16(14,15)6-8/h1-5,8,13H,6,12H2. The topological polar surface area (TPSA) is 72.2 Å². The molecule has 0 saturated heterocycles. The summed E-state index contributed by atoms with van der Waals surface area (Å²) < 4.78 is 23.3. The zero-order valence-electron chi connectivity index (χ0n) is 8.35. The molecule has 3 N–H and O–H groups in total. The highest BCUT2D eigenvalue weighted by Gasteiger charge is 2.21. The molecule has 1 aliphatic heterocycles. The molecule has 0 fully saturated rings. The fourth-order valence-electron chi connectivity index (χ4n) is 1.52. The first-order valence-corrected chi connectivity index (χ1v) is 7.20. The number of halogens is 1. The Bertz CT molecular complexity index is 540. The molecule has 1 aromatic rings. The van der Waals surface area contributed by atoms with Gasteiger partial charge in [-0.3, -0.25) is 0 Å². The Morgan fingerprint density at radius 1 is 1.44 bits per heavy atom. The third-order valence-electron chi connectivity index (χ3n) is 2.29. The number of anilines is 2. The lowest BCUT2D eigenvalue weighted by Gasteiger charge is -2.13. The third-order valence-corrected chi connectivity index (χ3v) is 4.18. The van der Waals surface area contributed by atoms with Gasteiger partial charge in [0.1, 0.15) is 0 Å².